The molecule has 2 N–H and O–H groups in total. The van der Waals surface area contributed by atoms with E-state index in [9.17, 15) is 9.59 Å². The average molecular weight is 453 g/mol. The Bertz CT molecular complexity index is 1350. The highest BCUT2D eigenvalue weighted by molar-refractivity contribution is 7.13. The number of carbonyl (C=O) groups excluding carboxylic acids is 1. The topological polar surface area (TPSA) is 128 Å². The summed E-state index contributed by atoms with van der Waals surface area (Å²) in [5, 5.41) is 5.91. The van der Waals surface area contributed by atoms with Crippen molar-refractivity contribution < 1.29 is 19.0 Å². The third-order valence-electron chi connectivity index (χ3n) is 4.54. The van der Waals surface area contributed by atoms with Crippen LogP contribution < -0.4 is 20.3 Å². The lowest BCUT2D eigenvalue weighted by Gasteiger charge is -2.09. The van der Waals surface area contributed by atoms with Crippen molar-refractivity contribution in [2.75, 3.05) is 26.6 Å². The molecule has 0 aliphatic rings. The molecule has 0 saturated carbocycles. The molecule has 0 spiro atoms. The number of fused-ring (bicyclic) bond motifs is 1. The first-order chi connectivity index (χ1) is 15.5. The highest BCUT2D eigenvalue weighted by Crippen LogP contribution is 2.30. The van der Waals surface area contributed by atoms with Gasteiger partial charge in [-0.1, -0.05) is 6.07 Å². The standard InChI is InChI=1S/C21H19N5O5S/c1-29-15-8-12-14(9-16(15)30-2)24-18(25-19(12)27)7-11-10-32-21(22-11)26-17-6-4-5-13(23-17)20(28)31-3/h4-6,8-10H,7H2,1-3H3,(H,22,23,26)(H,24,25,27). The van der Waals surface area contributed by atoms with E-state index >= 15 is 0 Å². The number of aromatic nitrogens is 4. The second-order valence-corrected chi connectivity index (χ2v) is 7.44. The van der Waals surface area contributed by atoms with Gasteiger partial charge in [-0.15, -0.1) is 11.3 Å². The smallest absolute Gasteiger partial charge is 0.356 e. The van der Waals surface area contributed by atoms with Crippen molar-refractivity contribution in [2.45, 2.75) is 6.42 Å². The van der Waals surface area contributed by atoms with Crippen molar-refractivity contribution >= 4 is 39.2 Å². The van der Waals surface area contributed by atoms with Gasteiger partial charge in [0.25, 0.3) is 5.56 Å². The van der Waals surface area contributed by atoms with Gasteiger partial charge >= 0.3 is 5.97 Å². The zero-order valence-electron chi connectivity index (χ0n) is 17.5. The van der Waals surface area contributed by atoms with Crippen LogP contribution in [0.5, 0.6) is 11.5 Å². The number of nitrogens with one attached hydrogen (secondary N) is 2. The summed E-state index contributed by atoms with van der Waals surface area (Å²) < 4.78 is 15.2. The van der Waals surface area contributed by atoms with Crippen molar-refractivity contribution in [3.63, 3.8) is 0 Å². The van der Waals surface area contributed by atoms with E-state index in [-0.39, 0.29) is 11.3 Å². The van der Waals surface area contributed by atoms with Crippen LogP contribution >= 0.6 is 11.3 Å². The number of hydrogen-bond donors (Lipinski definition) is 2. The minimum absolute atomic E-state index is 0.194. The maximum atomic E-state index is 12.5. The quantitative estimate of drug-likeness (QED) is 0.406. The van der Waals surface area contributed by atoms with E-state index in [2.05, 4.69) is 30.0 Å². The zero-order valence-corrected chi connectivity index (χ0v) is 18.3. The maximum Gasteiger partial charge on any atom is 0.356 e. The number of ether oxygens (including phenoxy) is 3. The highest BCUT2D eigenvalue weighted by atomic mass is 32.1. The van der Waals surface area contributed by atoms with E-state index in [1.165, 1.54) is 32.7 Å². The largest absolute Gasteiger partial charge is 0.493 e. The number of esters is 1. The van der Waals surface area contributed by atoms with E-state index in [0.717, 1.165) is 0 Å². The molecule has 0 saturated heterocycles. The van der Waals surface area contributed by atoms with E-state index < -0.39 is 5.97 Å². The molecule has 3 aromatic heterocycles. The molecule has 0 aliphatic carbocycles. The lowest BCUT2D eigenvalue weighted by molar-refractivity contribution is 0.0594. The SMILES string of the molecule is COC(=O)c1cccc(Nc2nc(Cc3nc4cc(OC)c(OC)cc4c(=O)[nH]3)cs2)n1. The van der Waals surface area contributed by atoms with Gasteiger partial charge in [0.05, 0.1) is 37.9 Å². The summed E-state index contributed by atoms with van der Waals surface area (Å²) in [5.41, 5.74) is 1.13. The molecule has 0 radical (unpaired) electrons. The molecule has 164 valence electrons. The first kappa shape index (κ1) is 21.2. The van der Waals surface area contributed by atoms with Crippen LogP contribution in [0.4, 0.5) is 10.9 Å². The number of hydrogen-bond acceptors (Lipinski definition) is 10. The second kappa shape index (κ2) is 9.02. The van der Waals surface area contributed by atoms with Crippen LogP contribution in [0.2, 0.25) is 0 Å². The summed E-state index contributed by atoms with van der Waals surface area (Å²) >= 11 is 1.37. The lowest BCUT2D eigenvalue weighted by Crippen LogP contribution is -2.12. The highest BCUT2D eigenvalue weighted by Gasteiger charge is 2.13. The van der Waals surface area contributed by atoms with Gasteiger partial charge < -0.3 is 24.5 Å². The molecule has 3 heterocycles. The summed E-state index contributed by atoms with van der Waals surface area (Å²) in [6.45, 7) is 0. The molecular weight excluding hydrogens is 434 g/mol. The Morgan fingerprint density at radius 3 is 2.62 bits per heavy atom. The van der Waals surface area contributed by atoms with Crippen LogP contribution in [-0.4, -0.2) is 47.2 Å². The molecule has 4 aromatic rings. The van der Waals surface area contributed by atoms with E-state index in [4.69, 9.17) is 9.47 Å². The first-order valence-electron chi connectivity index (χ1n) is 9.42. The van der Waals surface area contributed by atoms with Crippen molar-refractivity contribution in [1.29, 1.82) is 0 Å². The molecule has 0 amide bonds. The Labute approximate surface area is 186 Å². The minimum Gasteiger partial charge on any atom is -0.493 e. The summed E-state index contributed by atoms with van der Waals surface area (Å²) in [6.07, 6.45) is 0.327. The zero-order chi connectivity index (χ0) is 22.7. The van der Waals surface area contributed by atoms with E-state index in [1.54, 1.807) is 30.3 Å². The Morgan fingerprint density at radius 1 is 1.09 bits per heavy atom. The van der Waals surface area contributed by atoms with Crippen LogP contribution in [-0.2, 0) is 11.2 Å². The average Bonchev–Trinajstić information content (AvgIpc) is 3.24. The van der Waals surface area contributed by atoms with Crippen molar-refractivity contribution in [2.24, 2.45) is 0 Å². The number of pyridine rings is 1. The fourth-order valence-corrected chi connectivity index (χ4v) is 3.76. The van der Waals surface area contributed by atoms with Gasteiger partial charge in [0.2, 0.25) is 0 Å². The van der Waals surface area contributed by atoms with Crippen LogP contribution in [0.3, 0.4) is 0 Å². The van der Waals surface area contributed by atoms with Crippen LogP contribution in [0.1, 0.15) is 22.0 Å². The predicted molar refractivity (Wildman–Crippen MR) is 119 cm³/mol. The van der Waals surface area contributed by atoms with Crippen LogP contribution in [0.25, 0.3) is 10.9 Å². The molecule has 0 aliphatic heterocycles. The third-order valence-corrected chi connectivity index (χ3v) is 5.35. The molecule has 0 bridgehead atoms. The third kappa shape index (κ3) is 4.37. The Kier molecular flexibility index (Phi) is 5.99. The number of thiazole rings is 1. The first-order valence-corrected chi connectivity index (χ1v) is 10.3. The lowest BCUT2D eigenvalue weighted by atomic mass is 10.2. The van der Waals surface area contributed by atoms with Gasteiger partial charge in [-0.25, -0.2) is 19.7 Å². The number of benzene rings is 1. The Morgan fingerprint density at radius 2 is 1.88 bits per heavy atom. The number of rotatable bonds is 7. The van der Waals surface area contributed by atoms with Gasteiger partial charge in [-0.3, -0.25) is 4.79 Å². The van der Waals surface area contributed by atoms with Gasteiger partial charge in [0, 0.05) is 17.9 Å². The predicted octanol–water partition coefficient (Wildman–Crippen LogP) is 2.91. The monoisotopic (exact) mass is 453 g/mol. The number of anilines is 2. The Balaban J connectivity index is 1.56. The van der Waals surface area contributed by atoms with E-state index in [1.807, 2.05) is 5.38 Å². The van der Waals surface area contributed by atoms with Crippen molar-refractivity contribution in [1.82, 2.24) is 19.9 Å². The summed E-state index contributed by atoms with van der Waals surface area (Å²) in [5.74, 6) is 1.37. The summed E-state index contributed by atoms with van der Waals surface area (Å²) in [4.78, 5) is 40.2. The molecule has 1 aromatic carbocycles. The fraction of sp³-hybridized carbons (Fsp3) is 0.190. The molecule has 0 atom stereocenters. The van der Waals surface area contributed by atoms with Crippen molar-refractivity contribution in [3.05, 3.63) is 63.3 Å². The normalized spacial score (nSPS) is 10.7. The molecule has 11 heteroatoms. The fourth-order valence-electron chi connectivity index (χ4n) is 3.05. The summed E-state index contributed by atoms with van der Waals surface area (Å²) in [7, 11) is 4.33. The van der Waals surface area contributed by atoms with Crippen molar-refractivity contribution in [3.8, 4) is 11.5 Å². The van der Waals surface area contributed by atoms with Gasteiger partial charge in [-0.2, -0.15) is 0 Å². The molecule has 10 nitrogen and oxygen atoms in total. The van der Waals surface area contributed by atoms with Crippen LogP contribution in [0.15, 0.2) is 40.5 Å². The molecule has 32 heavy (non-hydrogen) atoms. The Hall–Kier alpha value is -3.99. The van der Waals surface area contributed by atoms with Crippen LogP contribution in [0, 0.1) is 0 Å². The molecule has 4 rings (SSSR count). The number of nitrogens with zero attached hydrogens (tertiary/aromatic N) is 3. The second-order valence-electron chi connectivity index (χ2n) is 6.58. The minimum atomic E-state index is -0.519. The molecule has 0 unspecified atom stereocenters. The van der Waals surface area contributed by atoms with Gasteiger partial charge in [0.1, 0.15) is 11.6 Å². The maximum absolute atomic E-state index is 12.5. The van der Waals surface area contributed by atoms with Gasteiger partial charge in [0.15, 0.2) is 22.3 Å². The van der Waals surface area contributed by atoms with E-state index in [0.29, 0.717) is 51.3 Å². The molecule has 0 fully saturated rings. The molecular formula is C21H19N5O5S. The summed E-state index contributed by atoms with van der Waals surface area (Å²) in [6, 6.07) is 8.25. The number of H-pyrrole nitrogens is 1. The number of aromatic amines is 1. The number of methoxy groups -OCH3 is 3. The van der Waals surface area contributed by atoms with Gasteiger partial charge in [-0.05, 0) is 18.2 Å². The number of carbonyl (C=O) groups is 1.